The van der Waals surface area contributed by atoms with Crippen LogP contribution in [-0.4, -0.2) is 25.5 Å². The minimum absolute atomic E-state index is 0.0155. The smallest absolute Gasteiger partial charge is 0.262 e. The Kier molecular flexibility index (Phi) is 4.08. The highest BCUT2D eigenvalue weighted by Crippen LogP contribution is 2.31. The highest BCUT2D eigenvalue weighted by Gasteiger charge is 2.18. The maximum atomic E-state index is 12.4. The molecule has 2 aromatic carbocycles. The quantitative estimate of drug-likeness (QED) is 0.906. The van der Waals surface area contributed by atoms with Crippen molar-refractivity contribution in [2.75, 3.05) is 24.4 Å². The van der Waals surface area contributed by atoms with Crippen LogP contribution in [0.4, 0.5) is 11.4 Å². The third-order valence-electron chi connectivity index (χ3n) is 3.28. The molecule has 6 nitrogen and oxygen atoms in total. The van der Waals surface area contributed by atoms with Crippen molar-refractivity contribution in [2.24, 2.45) is 0 Å². The number of anilines is 2. The number of fused-ring (bicyclic) bond motifs is 1. The summed E-state index contributed by atoms with van der Waals surface area (Å²) in [5.41, 5.74) is 1.34. The van der Waals surface area contributed by atoms with Gasteiger partial charge in [0.25, 0.3) is 11.8 Å². The number of carbonyl (C=O) groups is 2. The fourth-order valence-corrected chi connectivity index (χ4v) is 2.39. The van der Waals surface area contributed by atoms with E-state index in [-0.39, 0.29) is 18.4 Å². The molecule has 1 aliphatic heterocycles. The Morgan fingerprint density at radius 1 is 1.30 bits per heavy atom. The Morgan fingerprint density at radius 3 is 2.91 bits per heavy atom. The number of hydrogen-bond donors (Lipinski definition) is 2. The Morgan fingerprint density at radius 2 is 2.13 bits per heavy atom. The Labute approximate surface area is 137 Å². The zero-order valence-electron chi connectivity index (χ0n) is 12.2. The SMILES string of the molecule is COc1ccc(Cl)cc1C(=O)Nc1ccc2c(c1)NC(=O)CO2. The van der Waals surface area contributed by atoms with Gasteiger partial charge in [0.15, 0.2) is 6.61 Å². The molecule has 0 bridgehead atoms. The van der Waals surface area contributed by atoms with Gasteiger partial charge in [0, 0.05) is 10.7 Å². The summed E-state index contributed by atoms with van der Waals surface area (Å²) < 4.78 is 10.4. The molecule has 1 aliphatic rings. The van der Waals surface area contributed by atoms with E-state index in [2.05, 4.69) is 10.6 Å². The molecule has 23 heavy (non-hydrogen) atoms. The molecule has 7 heteroatoms. The first-order valence-electron chi connectivity index (χ1n) is 6.78. The monoisotopic (exact) mass is 332 g/mol. The van der Waals surface area contributed by atoms with E-state index >= 15 is 0 Å². The topological polar surface area (TPSA) is 76.7 Å². The molecule has 0 aliphatic carbocycles. The van der Waals surface area contributed by atoms with Crippen molar-refractivity contribution >= 4 is 34.8 Å². The lowest BCUT2D eigenvalue weighted by Crippen LogP contribution is -2.25. The summed E-state index contributed by atoms with van der Waals surface area (Å²) in [6.07, 6.45) is 0. The largest absolute Gasteiger partial charge is 0.496 e. The molecule has 0 fully saturated rings. The number of amides is 2. The summed E-state index contributed by atoms with van der Waals surface area (Å²) in [7, 11) is 1.48. The summed E-state index contributed by atoms with van der Waals surface area (Å²) in [5, 5.41) is 5.86. The zero-order chi connectivity index (χ0) is 16.4. The van der Waals surface area contributed by atoms with Crippen LogP contribution < -0.4 is 20.1 Å². The van der Waals surface area contributed by atoms with E-state index in [1.807, 2.05) is 0 Å². The first-order chi connectivity index (χ1) is 11.1. The Balaban J connectivity index is 1.85. The number of benzene rings is 2. The normalized spacial score (nSPS) is 12.7. The van der Waals surface area contributed by atoms with Crippen molar-refractivity contribution in [3.63, 3.8) is 0 Å². The van der Waals surface area contributed by atoms with Crippen LogP contribution >= 0.6 is 11.6 Å². The van der Waals surface area contributed by atoms with Crippen LogP contribution in [-0.2, 0) is 4.79 Å². The van der Waals surface area contributed by atoms with Gasteiger partial charge < -0.3 is 20.1 Å². The maximum Gasteiger partial charge on any atom is 0.262 e. The number of hydrogen-bond acceptors (Lipinski definition) is 4. The van der Waals surface area contributed by atoms with E-state index in [0.717, 1.165) is 0 Å². The number of methoxy groups -OCH3 is 1. The van der Waals surface area contributed by atoms with Gasteiger partial charge >= 0.3 is 0 Å². The molecule has 0 aromatic heterocycles. The van der Waals surface area contributed by atoms with Crippen LogP contribution in [0.1, 0.15) is 10.4 Å². The highest BCUT2D eigenvalue weighted by molar-refractivity contribution is 6.31. The van der Waals surface area contributed by atoms with Gasteiger partial charge in [-0.15, -0.1) is 0 Å². The van der Waals surface area contributed by atoms with Gasteiger partial charge in [-0.25, -0.2) is 0 Å². The summed E-state index contributed by atoms with van der Waals surface area (Å²) >= 11 is 5.93. The van der Waals surface area contributed by atoms with Crippen molar-refractivity contribution < 1.29 is 19.1 Å². The van der Waals surface area contributed by atoms with Gasteiger partial charge in [0.1, 0.15) is 11.5 Å². The standard InChI is InChI=1S/C16H13ClN2O4/c1-22-13-4-2-9(17)6-11(13)16(21)18-10-3-5-14-12(7-10)19-15(20)8-23-14/h2-7H,8H2,1H3,(H,18,21)(H,19,20). The molecule has 0 saturated carbocycles. The lowest BCUT2D eigenvalue weighted by molar-refractivity contribution is -0.118. The van der Waals surface area contributed by atoms with Crippen molar-refractivity contribution in [3.8, 4) is 11.5 Å². The molecule has 0 spiro atoms. The van der Waals surface area contributed by atoms with Gasteiger partial charge in [0.05, 0.1) is 18.4 Å². The van der Waals surface area contributed by atoms with Gasteiger partial charge in [0.2, 0.25) is 0 Å². The third kappa shape index (κ3) is 3.22. The number of rotatable bonds is 3. The summed E-state index contributed by atoms with van der Waals surface area (Å²) in [6.45, 7) is -0.0155. The molecule has 0 unspecified atom stereocenters. The van der Waals surface area contributed by atoms with Crippen LogP contribution in [0.2, 0.25) is 5.02 Å². The molecule has 2 aromatic rings. The zero-order valence-corrected chi connectivity index (χ0v) is 12.9. The fourth-order valence-electron chi connectivity index (χ4n) is 2.22. The van der Waals surface area contributed by atoms with E-state index in [9.17, 15) is 9.59 Å². The lowest BCUT2D eigenvalue weighted by Gasteiger charge is -2.18. The molecule has 1 heterocycles. The highest BCUT2D eigenvalue weighted by atomic mass is 35.5. The van der Waals surface area contributed by atoms with E-state index in [1.165, 1.54) is 13.2 Å². The van der Waals surface area contributed by atoms with Gasteiger partial charge in [-0.3, -0.25) is 9.59 Å². The number of carbonyl (C=O) groups excluding carboxylic acids is 2. The van der Waals surface area contributed by atoms with Crippen molar-refractivity contribution in [2.45, 2.75) is 0 Å². The summed E-state index contributed by atoms with van der Waals surface area (Å²) in [5.74, 6) is 0.370. The minimum Gasteiger partial charge on any atom is -0.496 e. The second kappa shape index (κ2) is 6.18. The van der Waals surface area contributed by atoms with Crippen LogP contribution in [0.15, 0.2) is 36.4 Å². The summed E-state index contributed by atoms with van der Waals surface area (Å²) in [6, 6.07) is 9.78. The number of halogens is 1. The molecule has 3 rings (SSSR count). The molecule has 0 radical (unpaired) electrons. The molecule has 0 atom stereocenters. The minimum atomic E-state index is -0.368. The average molecular weight is 333 g/mol. The fraction of sp³-hybridized carbons (Fsp3) is 0.125. The molecular weight excluding hydrogens is 320 g/mol. The molecule has 118 valence electrons. The van der Waals surface area contributed by atoms with Crippen molar-refractivity contribution in [1.82, 2.24) is 0 Å². The predicted molar refractivity (Wildman–Crippen MR) is 86.5 cm³/mol. The van der Waals surface area contributed by atoms with E-state index in [0.29, 0.717) is 33.5 Å². The first kappa shape index (κ1) is 15.2. The Hall–Kier alpha value is -2.73. The average Bonchev–Trinajstić information content (AvgIpc) is 2.54. The van der Waals surface area contributed by atoms with Gasteiger partial charge in [-0.2, -0.15) is 0 Å². The second-order valence-corrected chi connectivity index (χ2v) is 5.28. The third-order valence-corrected chi connectivity index (χ3v) is 3.51. The van der Waals surface area contributed by atoms with Crippen molar-refractivity contribution in [3.05, 3.63) is 47.0 Å². The van der Waals surface area contributed by atoms with Crippen LogP contribution in [0, 0.1) is 0 Å². The van der Waals surface area contributed by atoms with Crippen LogP contribution in [0.25, 0.3) is 0 Å². The van der Waals surface area contributed by atoms with E-state index in [4.69, 9.17) is 21.1 Å². The first-order valence-corrected chi connectivity index (χ1v) is 7.16. The second-order valence-electron chi connectivity index (χ2n) is 4.85. The number of nitrogens with one attached hydrogen (secondary N) is 2. The van der Waals surface area contributed by atoms with E-state index < -0.39 is 0 Å². The molecule has 2 amide bonds. The van der Waals surface area contributed by atoms with E-state index in [1.54, 1.807) is 30.3 Å². The Bertz CT molecular complexity index is 792. The predicted octanol–water partition coefficient (Wildman–Crippen LogP) is 2.93. The van der Waals surface area contributed by atoms with Crippen molar-refractivity contribution in [1.29, 1.82) is 0 Å². The van der Waals surface area contributed by atoms with Crippen LogP contribution in [0.3, 0.4) is 0 Å². The molecule has 0 saturated heterocycles. The van der Waals surface area contributed by atoms with Crippen LogP contribution in [0.5, 0.6) is 11.5 Å². The molecular formula is C16H13ClN2O4. The van der Waals surface area contributed by atoms with Gasteiger partial charge in [-0.1, -0.05) is 11.6 Å². The summed E-state index contributed by atoms with van der Waals surface area (Å²) in [4.78, 5) is 23.8. The maximum absolute atomic E-state index is 12.4. The lowest BCUT2D eigenvalue weighted by atomic mass is 10.1. The van der Waals surface area contributed by atoms with Gasteiger partial charge in [-0.05, 0) is 36.4 Å². The number of ether oxygens (including phenoxy) is 2. The molecule has 2 N–H and O–H groups in total.